The molecule has 1 amide bonds. The van der Waals surface area contributed by atoms with Crippen molar-refractivity contribution in [2.45, 2.75) is 26.3 Å². The van der Waals surface area contributed by atoms with Crippen molar-refractivity contribution in [2.75, 3.05) is 11.5 Å². The highest BCUT2D eigenvalue weighted by Crippen LogP contribution is 2.43. The van der Waals surface area contributed by atoms with Crippen molar-refractivity contribution >= 4 is 23.1 Å². The molecule has 0 aliphatic carbocycles. The van der Waals surface area contributed by atoms with Crippen LogP contribution in [0, 0.1) is 6.92 Å². The molecule has 0 radical (unpaired) electrons. The number of amides is 1. The van der Waals surface area contributed by atoms with Crippen molar-refractivity contribution in [2.24, 2.45) is 0 Å². The van der Waals surface area contributed by atoms with Gasteiger partial charge in [0.1, 0.15) is 23.0 Å². The summed E-state index contributed by atoms with van der Waals surface area (Å²) < 4.78 is 47.9. The fraction of sp³-hybridized carbons (Fsp3) is 0.185. The van der Waals surface area contributed by atoms with Gasteiger partial charge < -0.3 is 19.7 Å². The lowest BCUT2D eigenvalue weighted by Crippen LogP contribution is -2.29. The number of rotatable bonds is 6. The molecule has 0 bridgehead atoms. The highest BCUT2D eigenvalue weighted by molar-refractivity contribution is 6.51. The van der Waals surface area contributed by atoms with Crippen LogP contribution in [0.15, 0.2) is 72.3 Å². The van der Waals surface area contributed by atoms with Gasteiger partial charge in [-0.1, -0.05) is 18.2 Å². The van der Waals surface area contributed by atoms with E-state index in [4.69, 9.17) is 4.74 Å². The first-order valence-corrected chi connectivity index (χ1v) is 11.2. The Morgan fingerprint density at radius 2 is 1.73 bits per heavy atom. The van der Waals surface area contributed by atoms with Crippen LogP contribution in [0.5, 0.6) is 17.2 Å². The van der Waals surface area contributed by atoms with E-state index in [0.29, 0.717) is 23.5 Å². The molecule has 1 aliphatic heterocycles. The zero-order chi connectivity index (χ0) is 26.9. The van der Waals surface area contributed by atoms with Crippen molar-refractivity contribution < 1.29 is 42.4 Å². The molecule has 37 heavy (non-hydrogen) atoms. The van der Waals surface area contributed by atoms with Crippen molar-refractivity contribution in [3.63, 3.8) is 0 Å². The molecule has 2 N–H and O–H groups in total. The number of aromatic hydroxyl groups is 1. The first kappa shape index (κ1) is 25.6. The third kappa shape index (κ3) is 5.23. The topological polar surface area (TPSA) is 96.3 Å². The lowest BCUT2D eigenvalue weighted by Gasteiger charge is -2.26. The van der Waals surface area contributed by atoms with Crippen LogP contribution >= 0.6 is 0 Å². The zero-order valence-corrected chi connectivity index (χ0v) is 19.7. The Labute approximate surface area is 210 Å². The van der Waals surface area contributed by atoms with Crippen LogP contribution in [-0.2, 0) is 9.59 Å². The number of benzene rings is 3. The summed E-state index contributed by atoms with van der Waals surface area (Å²) in [5.74, 6) is -2.62. The molecular weight excluding hydrogens is 491 g/mol. The summed E-state index contributed by atoms with van der Waals surface area (Å²) in [5.41, 5.74) is 0.948. The first-order chi connectivity index (χ1) is 17.5. The summed E-state index contributed by atoms with van der Waals surface area (Å²) in [7, 11) is 0. The van der Waals surface area contributed by atoms with E-state index in [1.165, 1.54) is 42.5 Å². The summed E-state index contributed by atoms with van der Waals surface area (Å²) in [6.45, 7) is 4.00. The molecular formula is C27H22F3NO6. The second-order valence-electron chi connectivity index (χ2n) is 8.22. The molecule has 192 valence electrons. The highest BCUT2D eigenvalue weighted by Gasteiger charge is 2.47. The number of hydrogen-bond acceptors (Lipinski definition) is 6. The van der Waals surface area contributed by atoms with Crippen LogP contribution in [0.2, 0.25) is 0 Å². The monoisotopic (exact) mass is 513 g/mol. The number of alkyl halides is 3. The number of carbonyl (C=O) groups is 2. The Morgan fingerprint density at radius 1 is 1.03 bits per heavy atom. The molecule has 4 rings (SSSR count). The Balaban J connectivity index is 1.88. The second kappa shape index (κ2) is 9.88. The first-order valence-electron chi connectivity index (χ1n) is 11.2. The van der Waals surface area contributed by atoms with E-state index in [-0.39, 0.29) is 22.6 Å². The van der Waals surface area contributed by atoms with Gasteiger partial charge in [-0.2, -0.15) is 0 Å². The Kier molecular flexibility index (Phi) is 6.84. The van der Waals surface area contributed by atoms with E-state index in [0.717, 1.165) is 17.0 Å². The molecule has 1 heterocycles. The number of halogens is 3. The number of aryl methyl sites for hydroxylation is 1. The predicted molar refractivity (Wildman–Crippen MR) is 128 cm³/mol. The number of ketones is 1. The summed E-state index contributed by atoms with van der Waals surface area (Å²) >= 11 is 0. The molecule has 3 aromatic rings. The number of carbonyl (C=O) groups excluding carboxylic acids is 2. The van der Waals surface area contributed by atoms with Crippen molar-refractivity contribution in [1.29, 1.82) is 0 Å². The van der Waals surface area contributed by atoms with Crippen LogP contribution in [0.4, 0.5) is 18.9 Å². The average molecular weight is 513 g/mol. The molecule has 1 fully saturated rings. The lowest BCUT2D eigenvalue weighted by atomic mass is 9.94. The van der Waals surface area contributed by atoms with Crippen LogP contribution < -0.4 is 14.4 Å². The molecule has 0 aromatic heterocycles. The summed E-state index contributed by atoms with van der Waals surface area (Å²) in [4.78, 5) is 27.4. The van der Waals surface area contributed by atoms with Gasteiger partial charge in [-0.15, -0.1) is 13.2 Å². The van der Waals surface area contributed by atoms with Gasteiger partial charge in [0.05, 0.1) is 18.2 Å². The largest absolute Gasteiger partial charge is 0.573 e. The molecule has 1 atom stereocenters. The summed E-state index contributed by atoms with van der Waals surface area (Å²) in [6.07, 6.45) is -4.96. The van der Waals surface area contributed by atoms with Crippen molar-refractivity contribution in [3.05, 3.63) is 89.0 Å². The predicted octanol–water partition coefficient (Wildman–Crippen LogP) is 5.62. The van der Waals surface area contributed by atoms with Crippen LogP contribution in [0.1, 0.15) is 29.7 Å². The quantitative estimate of drug-likeness (QED) is 0.252. The molecule has 7 nitrogen and oxygen atoms in total. The fourth-order valence-electron chi connectivity index (χ4n) is 4.17. The SMILES string of the molecule is CCOc1ccc(/C(O)=C2\C(=O)C(=O)N(c3cccc(OC(F)(F)F)c3)C2c2ccc(O)cc2)cc1C. The van der Waals surface area contributed by atoms with Gasteiger partial charge >= 0.3 is 6.36 Å². The number of Topliss-reactive ketones (excluding diaryl/α,β-unsaturated/α-hetero) is 1. The molecule has 0 saturated carbocycles. The van der Waals surface area contributed by atoms with E-state index in [2.05, 4.69) is 4.74 Å². The van der Waals surface area contributed by atoms with E-state index >= 15 is 0 Å². The van der Waals surface area contributed by atoms with Crippen LogP contribution in [0.3, 0.4) is 0 Å². The highest BCUT2D eigenvalue weighted by atomic mass is 19.4. The fourth-order valence-corrected chi connectivity index (χ4v) is 4.17. The van der Waals surface area contributed by atoms with Gasteiger partial charge in [0.2, 0.25) is 0 Å². The van der Waals surface area contributed by atoms with Gasteiger partial charge in [-0.25, -0.2) is 0 Å². The summed E-state index contributed by atoms with van der Waals surface area (Å²) in [5, 5.41) is 21.0. The number of hydrogen-bond donors (Lipinski definition) is 2. The van der Waals surface area contributed by atoms with Gasteiger partial charge in [0.15, 0.2) is 0 Å². The van der Waals surface area contributed by atoms with Gasteiger partial charge in [0.25, 0.3) is 11.7 Å². The number of ether oxygens (including phenoxy) is 2. The maximum Gasteiger partial charge on any atom is 0.573 e. The number of phenols is 1. The van der Waals surface area contributed by atoms with Crippen LogP contribution in [-0.4, -0.2) is 34.9 Å². The van der Waals surface area contributed by atoms with Crippen molar-refractivity contribution in [1.82, 2.24) is 0 Å². The lowest BCUT2D eigenvalue weighted by molar-refractivity contribution is -0.274. The van der Waals surface area contributed by atoms with E-state index in [1.807, 2.05) is 6.92 Å². The smallest absolute Gasteiger partial charge is 0.508 e. The number of anilines is 1. The van der Waals surface area contributed by atoms with Crippen molar-refractivity contribution in [3.8, 4) is 17.2 Å². The second-order valence-corrected chi connectivity index (χ2v) is 8.22. The van der Waals surface area contributed by atoms with E-state index in [1.54, 1.807) is 19.1 Å². The minimum Gasteiger partial charge on any atom is -0.508 e. The normalized spacial score (nSPS) is 17.2. The Bertz CT molecular complexity index is 1380. The minimum absolute atomic E-state index is 0.0520. The van der Waals surface area contributed by atoms with Gasteiger partial charge in [-0.3, -0.25) is 14.5 Å². The summed E-state index contributed by atoms with van der Waals surface area (Å²) in [6, 6.07) is 13.8. The maximum absolute atomic E-state index is 13.2. The molecule has 1 aliphatic rings. The Morgan fingerprint density at radius 3 is 2.35 bits per heavy atom. The molecule has 1 unspecified atom stereocenters. The molecule has 0 spiro atoms. The number of aliphatic hydroxyl groups is 1. The third-order valence-corrected chi connectivity index (χ3v) is 5.73. The minimum atomic E-state index is -4.96. The van der Waals surface area contributed by atoms with Crippen LogP contribution in [0.25, 0.3) is 5.76 Å². The zero-order valence-electron chi connectivity index (χ0n) is 19.7. The number of phenolic OH excluding ortho intramolecular Hbond substituents is 1. The van der Waals surface area contributed by atoms with Gasteiger partial charge in [0, 0.05) is 17.3 Å². The molecule has 1 saturated heterocycles. The maximum atomic E-state index is 13.2. The van der Waals surface area contributed by atoms with E-state index in [9.17, 15) is 33.0 Å². The molecule has 10 heteroatoms. The Hall–Kier alpha value is -4.47. The van der Waals surface area contributed by atoms with E-state index < -0.39 is 35.6 Å². The standard InChI is InChI=1S/C27H22F3NO6/c1-3-36-21-12-9-17(13-15(21)2)24(33)22-23(16-7-10-19(32)11-8-16)31(26(35)25(22)34)18-5-4-6-20(14-18)37-27(28,29)30/h4-14,23,32-33H,3H2,1-2H3/b24-22+. The number of nitrogens with zero attached hydrogens (tertiary/aromatic N) is 1. The average Bonchev–Trinajstić information content (AvgIpc) is 3.10. The van der Waals surface area contributed by atoms with Gasteiger partial charge in [-0.05, 0) is 67.4 Å². The third-order valence-electron chi connectivity index (χ3n) is 5.73. The molecule has 3 aromatic carbocycles. The number of aliphatic hydroxyl groups excluding tert-OH is 1.